The van der Waals surface area contributed by atoms with Crippen molar-refractivity contribution in [1.82, 2.24) is 20.4 Å². The molecule has 7 heteroatoms. The van der Waals surface area contributed by atoms with Crippen LogP contribution >= 0.6 is 0 Å². The molecule has 2 aromatic carbocycles. The zero-order valence-electron chi connectivity index (χ0n) is 19.4. The van der Waals surface area contributed by atoms with E-state index in [0.29, 0.717) is 25.6 Å². The Kier molecular flexibility index (Phi) is 7.60. The van der Waals surface area contributed by atoms with Gasteiger partial charge < -0.3 is 15.5 Å². The number of amides is 3. The number of benzene rings is 2. The fraction of sp³-hybridized carbons (Fsp3) is 0.500. The predicted octanol–water partition coefficient (Wildman–Crippen LogP) is 2.30. The van der Waals surface area contributed by atoms with Crippen LogP contribution in [0.3, 0.4) is 0 Å². The average molecular weight is 451 g/mol. The minimum Gasteiger partial charge on any atom is -0.356 e. The first-order valence-electron chi connectivity index (χ1n) is 12.0. The third kappa shape index (κ3) is 5.90. The number of piperidine rings is 1. The molecular weight excluding hydrogens is 416 g/mol. The number of hydrogen-bond acceptors (Lipinski definition) is 4. The average Bonchev–Trinajstić information content (AvgIpc) is 2.81. The van der Waals surface area contributed by atoms with Gasteiger partial charge in [-0.2, -0.15) is 0 Å². The lowest BCUT2D eigenvalue weighted by Gasteiger charge is -2.37. The molecule has 0 spiro atoms. The van der Waals surface area contributed by atoms with E-state index in [0.717, 1.165) is 38.9 Å². The van der Waals surface area contributed by atoms with Gasteiger partial charge in [0.1, 0.15) is 0 Å². The summed E-state index contributed by atoms with van der Waals surface area (Å²) in [5, 5.41) is 8.18. The first-order chi connectivity index (χ1) is 16.0. The Balaban J connectivity index is 1.36. The van der Waals surface area contributed by atoms with E-state index in [4.69, 9.17) is 0 Å². The summed E-state index contributed by atoms with van der Waals surface area (Å²) in [7, 11) is 0. The van der Waals surface area contributed by atoms with Crippen LogP contribution in [-0.4, -0.2) is 66.3 Å². The van der Waals surface area contributed by atoms with E-state index in [-0.39, 0.29) is 24.1 Å². The van der Waals surface area contributed by atoms with Crippen molar-refractivity contribution < 1.29 is 14.4 Å². The molecule has 4 rings (SSSR count). The Morgan fingerprint density at radius 3 is 2.61 bits per heavy atom. The SMILES string of the molecule is CC(=O)NCCC1CCN(C(=O)CC2C(=O)NCCN2Cc2cccc3ccccc23)CC1. The Labute approximate surface area is 195 Å². The quantitative estimate of drug-likeness (QED) is 0.678. The van der Waals surface area contributed by atoms with Gasteiger partial charge in [-0.25, -0.2) is 0 Å². The minimum absolute atomic E-state index is 0.00132. The molecule has 2 heterocycles. The lowest BCUT2D eigenvalue weighted by atomic mass is 9.93. The number of carbonyl (C=O) groups excluding carboxylic acids is 3. The molecule has 7 nitrogen and oxygen atoms in total. The van der Waals surface area contributed by atoms with Gasteiger partial charge in [0, 0.05) is 46.2 Å². The number of carbonyl (C=O) groups is 3. The summed E-state index contributed by atoms with van der Waals surface area (Å²) in [4.78, 5) is 40.9. The zero-order valence-corrected chi connectivity index (χ0v) is 19.4. The van der Waals surface area contributed by atoms with E-state index < -0.39 is 6.04 Å². The number of nitrogens with one attached hydrogen (secondary N) is 2. The van der Waals surface area contributed by atoms with Gasteiger partial charge in [-0.05, 0) is 41.5 Å². The van der Waals surface area contributed by atoms with Crippen LogP contribution in [0.5, 0.6) is 0 Å². The van der Waals surface area contributed by atoms with Gasteiger partial charge in [-0.3, -0.25) is 19.3 Å². The Bertz CT molecular complexity index is 995. The summed E-state index contributed by atoms with van der Waals surface area (Å²) in [5.74, 6) is 0.531. The minimum atomic E-state index is -0.442. The first-order valence-corrected chi connectivity index (χ1v) is 12.0. The molecule has 2 aromatic rings. The van der Waals surface area contributed by atoms with E-state index in [1.165, 1.54) is 23.3 Å². The molecule has 2 saturated heterocycles. The van der Waals surface area contributed by atoms with Crippen molar-refractivity contribution in [1.29, 1.82) is 0 Å². The highest BCUT2D eigenvalue weighted by Crippen LogP contribution is 2.24. The standard InChI is InChI=1S/C26H34N4O3/c1-19(31)27-12-9-20-10-14-29(15-11-20)25(32)17-24-26(33)28-13-16-30(24)18-22-7-4-6-21-5-2-3-8-23(21)22/h2-8,20,24H,9-18H2,1H3,(H,27,31)(H,28,33). The maximum Gasteiger partial charge on any atom is 0.237 e. The monoisotopic (exact) mass is 450 g/mol. The molecule has 3 amide bonds. The van der Waals surface area contributed by atoms with Crippen LogP contribution in [-0.2, 0) is 20.9 Å². The number of likely N-dealkylation sites (tertiary alicyclic amines) is 1. The van der Waals surface area contributed by atoms with E-state index in [2.05, 4.69) is 45.9 Å². The molecule has 2 aliphatic heterocycles. The fourth-order valence-corrected chi connectivity index (χ4v) is 5.04. The van der Waals surface area contributed by atoms with E-state index in [1.54, 1.807) is 0 Å². The van der Waals surface area contributed by atoms with Crippen molar-refractivity contribution in [3.05, 3.63) is 48.0 Å². The summed E-state index contributed by atoms with van der Waals surface area (Å²) < 4.78 is 0. The maximum atomic E-state index is 13.1. The van der Waals surface area contributed by atoms with Gasteiger partial charge >= 0.3 is 0 Å². The Morgan fingerprint density at radius 2 is 1.82 bits per heavy atom. The van der Waals surface area contributed by atoms with Gasteiger partial charge in [0.25, 0.3) is 0 Å². The van der Waals surface area contributed by atoms with E-state index in [1.807, 2.05) is 17.0 Å². The molecule has 0 saturated carbocycles. The molecule has 0 radical (unpaired) electrons. The van der Waals surface area contributed by atoms with Crippen molar-refractivity contribution in [2.45, 2.75) is 45.2 Å². The lowest BCUT2D eigenvalue weighted by molar-refractivity contribution is -0.140. The highest BCUT2D eigenvalue weighted by atomic mass is 16.2. The topological polar surface area (TPSA) is 81.8 Å². The summed E-state index contributed by atoms with van der Waals surface area (Å²) in [5.41, 5.74) is 1.18. The highest BCUT2D eigenvalue weighted by Gasteiger charge is 2.34. The molecule has 0 aromatic heterocycles. The van der Waals surface area contributed by atoms with Crippen LogP contribution in [0.15, 0.2) is 42.5 Å². The molecule has 1 unspecified atom stereocenters. The molecular formula is C26H34N4O3. The molecule has 33 heavy (non-hydrogen) atoms. The highest BCUT2D eigenvalue weighted by molar-refractivity contribution is 5.89. The Morgan fingerprint density at radius 1 is 1.06 bits per heavy atom. The van der Waals surface area contributed by atoms with Gasteiger partial charge in [-0.15, -0.1) is 0 Å². The second kappa shape index (κ2) is 10.8. The number of hydrogen-bond donors (Lipinski definition) is 2. The number of fused-ring (bicyclic) bond motifs is 1. The largest absolute Gasteiger partial charge is 0.356 e. The van der Waals surface area contributed by atoms with Crippen LogP contribution in [0.4, 0.5) is 0 Å². The van der Waals surface area contributed by atoms with Crippen LogP contribution < -0.4 is 10.6 Å². The van der Waals surface area contributed by atoms with Crippen LogP contribution in [0.1, 0.15) is 38.2 Å². The maximum absolute atomic E-state index is 13.1. The second-order valence-corrected chi connectivity index (χ2v) is 9.22. The van der Waals surface area contributed by atoms with E-state index >= 15 is 0 Å². The van der Waals surface area contributed by atoms with Crippen molar-refractivity contribution >= 4 is 28.5 Å². The third-order valence-corrected chi connectivity index (χ3v) is 6.96. The van der Waals surface area contributed by atoms with Gasteiger partial charge in [-0.1, -0.05) is 42.5 Å². The van der Waals surface area contributed by atoms with Crippen LogP contribution in [0.25, 0.3) is 10.8 Å². The molecule has 1 atom stereocenters. The summed E-state index contributed by atoms with van der Waals surface area (Å²) in [6.45, 7) is 5.66. The van der Waals surface area contributed by atoms with Gasteiger partial charge in [0.15, 0.2) is 0 Å². The Hall–Kier alpha value is -2.93. The predicted molar refractivity (Wildman–Crippen MR) is 128 cm³/mol. The molecule has 176 valence electrons. The van der Waals surface area contributed by atoms with Crippen molar-refractivity contribution in [3.63, 3.8) is 0 Å². The zero-order chi connectivity index (χ0) is 23.2. The molecule has 2 N–H and O–H groups in total. The number of rotatable bonds is 7. The second-order valence-electron chi connectivity index (χ2n) is 9.22. The summed E-state index contributed by atoms with van der Waals surface area (Å²) in [6.07, 6.45) is 3.06. The normalized spacial score (nSPS) is 20.0. The van der Waals surface area contributed by atoms with E-state index in [9.17, 15) is 14.4 Å². The van der Waals surface area contributed by atoms with Gasteiger partial charge in [0.2, 0.25) is 17.7 Å². The molecule has 0 bridgehead atoms. The molecule has 2 aliphatic rings. The van der Waals surface area contributed by atoms with Crippen molar-refractivity contribution in [2.75, 3.05) is 32.7 Å². The third-order valence-electron chi connectivity index (χ3n) is 6.96. The van der Waals surface area contributed by atoms with Crippen molar-refractivity contribution in [2.24, 2.45) is 5.92 Å². The first kappa shape index (κ1) is 23.2. The van der Waals surface area contributed by atoms with Gasteiger partial charge in [0.05, 0.1) is 12.5 Å². The number of piperazine rings is 1. The fourth-order valence-electron chi connectivity index (χ4n) is 5.04. The van der Waals surface area contributed by atoms with Crippen molar-refractivity contribution in [3.8, 4) is 0 Å². The number of nitrogens with zero attached hydrogens (tertiary/aromatic N) is 2. The smallest absolute Gasteiger partial charge is 0.237 e. The lowest BCUT2D eigenvalue weighted by Crippen LogP contribution is -2.56. The van der Waals surface area contributed by atoms with Crippen LogP contribution in [0.2, 0.25) is 0 Å². The molecule has 0 aliphatic carbocycles. The molecule has 2 fully saturated rings. The summed E-state index contributed by atoms with van der Waals surface area (Å²) >= 11 is 0. The van der Waals surface area contributed by atoms with Crippen LogP contribution in [0, 0.1) is 5.92 Å². The summed E-state index contributed by atoms with van der Waals surface area (Å²) in [6, 6.07) is 14.1.